The van der Waals surface area contributed by atoms with Gasteiger partial charge in [0.05, 0.1) is 11.9 Å². The van der Waals surface area contributed by atoms with Crippen molar-refractivity contribution in [3.8, 4) is 0 Å². The van der Waals surface area contributed by atoms with Crippen molar-refractivity contribution in [3.63, 3.8) is 0 Å². The fourth-order valence-electron chi connectivity index (χ4n) is 4.69. The first kappa shape index (κ1) is 34.4. The number of amides is 2. The van der Waals surface area contributed by atoms with E-state index in [0.717, 1.165) is 22.9 Å². The molecule has 0 aliphatic carbocycles. The molecule has 0 aliphatic heterocycles. The van der Waals surface area contributed by atoms with Crippen molar-refractivity contribution in [2.45, 2.75) is 59.5 Å². The first-order valence-corrected chi connectivity index (χ1v) is 17.0. The van der Waals surface area contributed by atoms with Gasteiger partial charge >= 0.3 is 0 Å². The van der Waals surface area contributed by atoms with Gasteiger partial charge in [0.1, 0.15) is 6.04 Å². The summed E-state index contributed by atoms with van der Waals surface area (Å²) in [5.74, 6) is -0.312. The Balaban J connectivity index is 1.92. The minimum atomic E-state index is -3.60. The van der Waals surface area contributed by atoms with Gasteiger partial charge in [-0.2, -0.15) is 0 Å². The standard InChI is InChI=1S/C33H41Cl2N3O4S/c1-23(2)21-36-33(40)31(19-26-10-7-6-8-11-26)37(22-27-14-15-28(34)20-30(27)35)32(39)12-9-17-38(43(5,41)42)29-16-13-24(3)25(4)18-29/h6-8,10-11,13-16,18,20,23,31H,9,12,17,19,21-22H2,1-5H3,(H,36,40)/t31-/m1/s1. The quantitative estimate of drug-likeness (QED) is 0.215. The van der Waals surface area contributed by atoms with Gasteiger partial charge in [0.15, 0.2) is 0 Å². The maximum Gasteiger partial charge on any atom is 0.243 e. The molecule has 3 aromatic rings. The largest absolute Gasteiger partial charge is 0.354 e. The van der Waals surface area contributed by atoms with E-state index in [-0.39, 0.29) is 43.7 Å². The molecule has 0 radical (unpaired) electrons. The van der Waals surface area contributed by atoms with E-state index in [9.17, 15) is 18.0 Å². The molecule has 10 heteroatoms. The average molecular weight is 647 g/mol. The lowest BCUT2D eigenvalue weighted by Crippen LogP contribution is -2.51. The van der Waals surface area contributed by atoms with E-state index in [1.807, 2.05) is 70.2 Å². The summed E-state index contributed by atoms with van der Waals surface area (Å²) in [5, 5.41) is 3.86. The van der Waals surface area contributed by atoms with Gasteiger partial charge < -0.3 is 10.2 Å². The molecular formula is C33H41Cl2N3O4S. The van der Waals surface area contributed by atoms with Crippen molar-refractivity contribution in [1.29, 1.82) is 0 Å². The smallest absolute Gasteiger partial charge is 0.243 e. The van der Waals surface area contributed by atoms with Crippen molar-refractivity contribution in [2.24, 2.45) is 5.92 Å². The van der Waals surface area contributed by atoms with E-state index in [1.54, 1.807) is 29.2 Å². The second-order valence-corrected chi connectivity index (χ2v) is 14.1. The van der Waals surface area contributed by atoms with Gasteiger partial charge in [0, 0.05) is 42.5 Å². The monoisotopic (exact) mass is 645 g/mol. The van der Waals surface area contributed by atoms with Gasteiger partial charge in [-0.25, -0.2) is 8.42 Å². The fourth-order valence-corrected chi connectivity index (χ4v) is 6.12. The number of aryl methyl sites for hydroxylation is 2. The molecule has 1 N–H and O–H groups in total. The first-order valence-electron chi connectivity index (χ1n) is 14.4. The van der Waals surface area contributed by atoms with Crippen LogP contribution in [-0.2, 0) is 32.6 Å². The summed E-state index contributed by atoms with van der Waals surface area (Å²) in [6, 6.07) is 19.3. The van der Waals surface area contributed by atoms with E-state index < -0.39 is 16.1 Å². The molecule has 7 nitrogen and oxygen atoms in total. The Kier molecular flexibility index (Phi) is 12.5. The number of anilines is 1. The number of hydrogen-bond acceptors (Lipinski definition) is 4. The molecule has 0 aromatic heterocycles. The fraction of sp³-hybridized carbons (Fsp3) is 0.394. The van der Waals surface area contributed by atoms with E-state index in [4.69, 9.17) is 23.2 Å². The molecule has 0 heterocycles. The number of carbonyl (C=O) groups is 2. The van der Waals surface area contributed by atoms with E-state index in [2.05, 4.69) is 5.32 Å². The minimum Gasteiger partial charge on any atom is -0.354 e. The van der Waals surface area contributed by atoms with Crippen LogP contribution in [-0.4, -0.2) is 50.5 Å². The number of nitrogens with one attached hydrogen (secondary N) is 1. The summed E-state index contributed by atoms with van der Waals surface area (Å²) < 4.78 is 26.8. The zero-order valence-corrected chi connectivity index (χ0v) is 27.8. The van der Waals surface area contributed by atoms with E-state index in [0.29, 0.717) is 34.3 Å². The summed E-state index contributed by atoms with van der Waals surface area (Å²) in [5.41, 5.74) is 4.15. The predicted octanol–water partition coefficient (Wildman–Crippen LogP) is 6.57. The Morgan fingerprint density at radius 2 is 1.63 bits per heavy atom. The molecule has 43 heavy (non-hydrogen) atoms. The van der Waals surface area contributed by atoms with Crippen LogP contribution < -0.4 is 9.62 Å². The van der Waals surface area contributed by atoms with Crippen LogP contribution in [0.15, 0.2) is 66.7 Å². The number of nitrogens with zero attached hydrogens (tertiary/aromatic N) is 2. The molecule has 0 fully saturated rings. The zero-order chi connectivity index (χ0) is 31.7. The van der Waals surface area contributed by atoms with Crippen LogP contribution in [0.2, 0.25) is 10.0 Å². The zero-order valence-electron chi connectivity index (χ0n) is 25.4. The lowest BCUT2D eigenvalue weighted by Gasteiger charge is -2.32. The molecule has 232 valence electrons. The SMILES string of the molecule is Cc1ccc(N(CCCC(=O)N(Cc2ccc(Cl)cc2Cl)[C@H](Cc2ccccc2)C(=O)NCC(C)C)S(C)(=O)=O)cc1C. The van der Waals surface area contributed by atoms with Gasteiger partial charge in [-0.3, -0.25) is 13.9 Å². The Morgan fingerprint density at radius 3 is 2.23 bits per heavy atom. The number of sulfonamides is 1. The minimum absolute atomic E-state index is 0.0326. The van der Waals surface area contributed by atoms with Crippen LogP contribution in [0.3, 0.4) is 0 Å². The number of rotatable bonds is 14. The maximum absolute atomic E-state index is 14.0. The Bertz CT molecular complexity index is 1510. The van der Waals surface area contributed by atoms with Gasteiger partial charge in [0.25, 0.3) is 0 Å². The molecule has 0 unspecified atom stereocenters. The molecular weight excluding hydrogens is 605 g/mol. The topological polar surface area (TPSA) is 86.8 Å². The molecule has 1 atom stereocenters. The number of benzene rings is 3. The van der Waals surface area contributed by atoms with Crippen molar-refractivity contribution in [1.82, 2.24) is 10.2 Å². The highest BCUT2D eigenvalue weighted by atomic mass is 35.5. The molecule has 0 aliphatic rings. The second-order valence-electron chi connectivity index (χ2n) is 11.3. The summed E-state index contributed by atoms with van der Waals surface area (Å²) in [4.78, 5) is 29.2. The highest BCUT2D eigenvalue weighted by molar-refractivity contribution is 7.92. The number of halogens is 2. The van der Waals surface area contributed by atoms with Crippen LogP contribution in [0, 0.1) is 19.8 Å². The first-order chi connectivity index (χ1) is 20.3. The number of hydrogen-bond donors (Lipinski definition) is 1. The summed E-state index contributed by atoms with van der Waals surface area (Å²) in [6.07, 6.45) is 1.76. The predicted molar refractivity (Wildman–Crippen MR) is 176 cm³/mol. The Morgan fingerprint density at radius 1 is 0.930 bits per heavy atom. The maximum atomic E-state index is 14.0. The third-order valence-corrected chi connectivity index (χ3v) is 9.02. The molecule has 2 amide bonds. The van der Waals surface area contributed by atoms with Crippen molar-refractivity contribution >= 4 is 50.7 Å². The Labute approximate surface area is 266 Å². The van der Waals surface area contributed by atoms with Gasteiger partial charge in [-0.05, 0) is 72.7 Å². The van der Waals surface area contributed by atoms with Crippen LogP contribution in [0.5, 0.6) is 0 Å². The summed E-state index contributed by atoms with van der Waals surface area (Å²) in [6.45, 7) is 8.58. The van der Waals surface area contributed by atoms with Crippen molar-refractivity contribution < 1.29 is 18.0 Å². The third-order valence-electron chi connectivity index (χ3n) is 7.24. The lowest BCUT2D eigenvalue weighted by atomic mass is 10.0. The molecule has 3 aromatic carbocycles. The normalized spacial score (nSPS) is 12.2. The molecule has 0 bridgehead atoms. The molecule has 0 saturated carbocycles. The lowest BCUT2D eigenvalue weighted by molar-refractivity contribution is -0.141. The highest BCUT2D eigenvalue weighted by Crippen LogP contribution is 2.26. The van der Waals surface area contributed by atoms with Crippen LogP contribution in [0.4, 0.5) is 5.69 Å². The molecule has 0 saturated heterocycles. The highest BCUT2D eigenvalue weighted by Gasteiger charge is 2.31. The van der Waals surface area contributed by atoms with Crippen LogP contribution >= 0.6 is 23.2 Å². The van der Waals surface area contributed by atoms with E-state index in [1.165, 1.54) is 4.31 Å². The van der Waals surface area contributed by atoms with Gasteiger partial charge in [-0.1, -0.05) is 79.5 Å². The van der Waals surface area contributed by atoms with E-state index >= 15 is 0 Å². The Hall–Kier alpha value is -3.07. The van der Waals surface area contributed by atoms with Crippen molar-refractivity contribution in [2.75, 3.05) is 23.7 Å². The third kappa shape index (κ3) is 10.3. The summed E-state index contributed by atoms with van der Waals surface area (Å²) >= 11 is 12.6. The number of carbonyl (C=O) groups excluding carboxylic acids is 2. The second kappa shape index (κ2) is 15.6. The van der Waals surface area contributed by atoms with Crippen LogP contribution in [0.1, 0.15) is 48.9 Å². The van der Waals surface area contributed by atoms with Gasteiger partial charge in [-0.15, -0.1) is 0 Å². The van der Waals surface area contributed by atoms with Crippen LogP contribution in [0.25, 0.3) is 0 Å². The van der Waals surface area contributed by atoms with Gasteiger partial charge in [0.2, 0.25) is 21.8 Å². The van der Waals surface area contributed by atoms with Crippen molar-refractivity contribution in [3.05, 3.63) is 99.0 Å². The average Bonchev–Trinajstić information content (AvgIpc) is 2.94. The summed E-state index contributed by atoms with van der Waals surface area (Å²) in [7, 11) is -3.60. The molecule has 3 rings (SSSR count). The molecule has 0 spiro atoms.